The van der Waals surface area contributed by atoms with Gasteiger partial charge in [0, 0.05) is 30.9 Å². The molecule has 1 saturated heterocycles. The highest BCUT2D eigenvalue weighted by Crippen LogP contribution is 2.28. The van der Waals surface area contributed by atoms with E-state index < -0.39 is 0 Å². The molecule has 0 unspecified atom stereocenters. The van der Waals surface area contributed by atoms with Gasteiger partial charge in [0.2, 0.25) is 5.91 Å². The monoisotopic (exact) mass is 392 g/mol. The lowest BCUT2D eigenvalue weighted by Crippen LogP contribution is -2.63. The summed E-state index contributed by atoms with van der Waals surface area (Å²) < 4.78 is 0. The summed E-state index contributed by atoms with van der Waals surface area (Å²) in [5.41, 5.74) is 1.60. The number of hydrogen-bond acceptors (Lipinski definition) is 3. The number of nitrogens with zero attached hydrogens (tertiary/aromatic N) is 3. The molecule has 0 bridgehead atoms. The Labute approximate surface area is 171 Å². The normalized spacial score (nSPS) is 17.4. The smallest absolute Gasteiger partial charge is 0.322 e. The van der Waals surface area contributed by atoms with E-state index in [-0.39, 0.29) is 23.9 Å². The van der Waals surface area contributed by atoms with Crippen LogP contribution in [0.1, 0.15) is 37.8 Å². The van der Waals surface area contributed by atoms with E-state index in [2.05, 4.69) is 10.3 Å². The van der Waals surface area contributed by atoms with Crippen molar-refractivity contribution in [3.8, 4) is 0 Å². The number of hydrogen-bond donors (Lipinski definition) is 1. The fraction of sp³-hybridized carbons (Fsp3) is 0.435. The third-order valence-corrected chi connectivity index (χ3v) is 5.91. The Kier molecular flexibility index (Phi) is 6.08. The molecule has 6 nitrogen and oxygen atoms in total. The molecule has 1 aromatic heterocycles. The fourth-order valence-electron chi connectivity index (χ4n) is 4.19. The van der Waals surface area contributed by atoms with E-state index in [4.69, 9.17) is 0 Å². The molecule has 1 saturated carbocycles. The molecule has 1 aromatic carbocycles. The van der Waals surface area contributed by atoms with Crippen LogP contribution in [0.5, 0.6) is 0 Å². The van der Waals surface area contributed by atoms with E-state index in [1.54, 1.807) is 11.1 Å². The number of amides is 3. The van der Waals surface area contributed by atoms with Crippen LogP contribution in [-0.2, 0) is 11.3 Å². The minimum Gasteiger partial charge on any atom is -0.338 e. The van der Waals surface area contributed by atoms with Crippen molar-refractivity contribution in [2.24, 2.45) is 5.92 Å². The maximum atomic E-state index is 13.0. The first-order valence-corrected chi connectivity index (χ1v) is 10.5. The van der Waals surface area contributed by atoms with Crippen LogP contribution in [0.15, 0.2) is 54.7 Å². The van der Waals surface area contributed by atoms with Crippen LogP contribution in [0.25, 0.3) is 0 Å². The molecule has 0 spiro atoms. The summed E-state index contributed by atoms with van der Waals surface area (Å²) in [4.78, 5) is 33.9. The van der Waals surface area contributed by atoms with Gasteiger partial charge in [-0.2, -0.15) is 0 Å². The summed E-state index contributed by atoms with van der Waals surface area (Å²) in [5.74, 6) is 0.439. The number of urea groups is 1. The van der Waals surface area contributed by atoms with Crippen LogP contribution in [0, 0.1) is 5.92 Å². The van der Waals surface area contributed by atoms with Gasteiger partial charge in [-0.15, -0.1) is 0 Å². The minimum atomic E-state index is -0.156. The first kappa shape index (κ1) is 19.4. The standard InChI is InChI=1S/C23H28N4O2/c28-22(18-9-3-1-4-10-18)26-16-21(17-26)27(15-20-13-7-8-14-24-20)23(29)25-19-11-5-2-6-12-19/h2,5-8,11-14,18,21H,1,3-4,9-10,15-17H2,(H,25,29). The van der Waals surface area contributed by atoms with Crippen LogP contribution in [0.4, 0.5) is 10.5 Å². The lowest BCUT2D eigenvalue weighted by atomic mass is 9.87. The predicted octanol–water partition coefficient (Wildman–Crippen LogP) is 3.91. The van der Waals surface area contributed by atoms with E-state index in [0.29, 0.717) is 19.6 Å². The van der Waals surface area contributed by atoms with Gasteiger partial charge in [-0.3, -0.25) is 9.78 Å². The summed E-state index contributed by atoms with van der Waals surface area (Å²) >= 11 is 0. The van der Waals surface area contributed by atoms with Crippen molar-refractivity contribution in [2.45, 2.75) is 44.7 Å². The van der Waals surface area contributed by atoms with Crippen LogP contribution in [0.2, 0.25) is 0 Å². The summed E-state index contributed by atoms with van der Waals surface area (Å²) in [6.07, 6.45) is 7.29. The second-order valence-corrected chi connectivity index (χ2v) is 7.98. The highest BCUT2D eigenvalue weighted by molar-refractivity contribution is 5.90. The molecule has 1 aliphatic carbocycles. The van der Waals surface area contributed by atoms with Gasteiger partial charge in [0.1, 0.15) is 0 Å². The number of para-hydroxylation sites is 1. The Morgan fingerprint density at radius 1 is 1.00 bits per heavy atom. The maximum Gasteiger partial charge on any atom is 0.322 e. The number of pyridine rings is 1. The van der Waals surface area contributed by atoms with Gasteiger partial charge in [-0.05, 0) is 37.1 Å². The Morgan fingerprint density at radius 3 is 2.41 bits per heavy atom. The average molecular weight is 393 g/mol. The Hall–Kier alpha value is -2.89. The zero-order chi connectivity index (χ0) is 20.1. The van der Waals surface area contributed by atoms with E-state index in [1.807, 2.05) is 53.4 Å². The first-order valence-electron chi connectivity index (χ1n) is 10.5. The van der Waals surface area contributed by atoms with Crippen LogP contribution in [-0.4, -0.2) is 45.9 Å². The molecule has 1 N–H and O–H groups in total. The molecule has 4 rings (SSSR count). The van der Waals surface area contributed by atoms with Crippen molar-refractivity contribution in [2.75, 3.05) is 18.4 Å². The number of nitrogens with one attached hydrogen (secondary N) is 1. The number of benzene rings is 1. The van der Waals surface area contributed by atoms with Crippen LogP contribution in [0.3, 0.4) is 0 Å². The van der Waals surface area contributed by atoms with E-state index in [1.165, 1.54) is 6.42 Å². The molecule has 152 valence electrons. The first-order chi connectivity index (χ1) is 14.2. The second kappa shape index (κ2) is 9.07. The SMILES string of the molecule is O=C(C1CCCCC1)N1CC(N(Cc2ccccn2)C(=O)Nc2ccccc2)C1. The molecule has 29 heavy (non-hydrogen) atoms. The van der Waals surface area contributed by atoms with Gasteiger partial charge in [-0.1, -0.05) is 43.5 Å². The second-order valence-electron chi connectivity index (χ2n) is 7.98. The Bertz CT molecular complexity index is 815. The topological polar surface area (TPSA) is 65.5 Å². The molecule has 2 fully saturated rings. The molecule has 3 amide bonds. The van der Waals surface area contributed by atoms with Crippen LogP contribution >= 0.6 is 0 Å². The van der Waals surface area contributed by atoms with Crippen molar-refractivity contribution < 1.29 is 9.59 Å². The zero-order valence-electron chi connectivity index (χ0n) is 16.7. The van der Waals surface area contributed by atoms with Crippen LogP contribution < -0.4 is 5.32 Å². The van der Waals surface area contributed by atoms with Crippen molar-refractivity contribution >= 4 is 17.6 Å². The molecule has 2 heterocycles. The third kappa shape index (κ3) is 4.75. The molecule has 1 aliphatic heterocycles. The lowest BCUT2D eigenvalue weighted by Gasteiger charge is -2.46. The predicted molar refractivity (Wildman–Crippen MR) is 112 cm³/mol. The van der Waals surface area contributed by atoms with Gasteiger partial charge >= 0.3 is 6.03 Å². The van der Waals surface area contributed by atoms with Gasteiger partial charge < -0.3 is 15.1 Å². The number of carbonyl (C=O) groups is 2. The third-order valence-electron chi connectivity index (χ3n) is 5.91. The number of likely N-dealkylation sites (tertiary alicyclic amines) is 1. The summed E-state index contributed by atoms with van der Waals surface area (Å²) in [6.45, 7) is 1.63. The summed E-state index contributed by atoms with van der Waals surface area (Å²) in [5, 5.41) is 2.97. The highest BCUT2D eigenvalue weighted by Gasteiger charge is 2.39. The Morgan fingerprint density at radius 2 is 1.72 bits per heavy atom. The Balaban J connectivity index is 1.41. The molecule has 6 heteroatoms. The average Bonchev–Trinajstić information content (AvgIpc) is 2.74. The maximum absolute atomic E-state index is 13.0. The number of anilines is 1. The van der Waals surface area contributed by atoms with Crippen molar-refractivity contribution in [1.29, 1.82) is 0 Å². The molecule has 0 atom stereocenters. The molecular formula is C23H28N4O2. The quantitative estimate of drug-likeness (QED) is 0.839. The largest absolute Gasteiger partial charge is 0.338 e. The summed E-state index contributed by atoms with van der Waals surface area (Å²) in [6, 6.07) is 15.0. The van der Waals surface area contributed by atoms with Gasteiger partial charge in [0.25, 0.3) is 0 Å². The lowest BCUT2D eigenvalue weighted by molar-refractivity contribution is -0.143. The van der Waals surface area contributed by atoms with E-state index in [9.17, 15) is 9.59 Å². The van der Waals surface area contributed by atoms with Gasteiger partial charge in [0.05, 0.1) is 18.3 Å². The summed E-state index contributed by atoms with van der Waals surface area (Å²) in [7, 11) is 0. The van der Waals surface area contributed by atoms with E-state index in [0.717, 1.165) is 37.1 Å². The number of aromatic nitrogens is 1. The molecular weight excluding hydrogens is 364 g/mol. The zero-order valence-corrected chi connectivity index (χ0v) is 16.7. The molecule has 2 aliphatic rings. The number of carbonyl (C=O) groups excluding carboxylic acids is 2. The van der Waals surface area contributed by atoms with E-state index >= 15 is 0 Å². The molecule has 2 aromatic rings. The minimum absolute atomic E-state index is 0.00765. The van der Waals surface area contributed by atoms with Crippen molar-refractivity contribution in [1.82, 2.24) is 14.8 Å². The van der Waals surface area contributed by atoms with Gasteiger partial charge in [0.15, 0.2) is 0 Å². The fourth-order valence-corrected chi connectivity index (χ4v) is 4.19. The van der Waals surface area contributed by atoms with Crippen molar-refractivity contribution in [3.63, 3.8) is 0 Å². The van der Waals surface area contributed by atoms with Gasteiger partial charge in [-0.25, -0.2) is 4.79 Å². The number of rotatable bonds is 5. The highest BCUT2D eigenvalue weighted by atomic mass is 16.2. The van der Waals surface area contributed by atoms with Crippen molar-refractivity contribution in [3.05, 3.63) is 60.4 Å². The molecule has 0 radical (unpaired) electrons.